The van der Waals surface area contributed by atoms with Gasteiger partial charge in [0, 0.05) is 11.8 Å². The molecule has 2 amide bonds. The third-order valence-corrected chi connectivity index (χ3v) is 5.03. The summed E-state index contributed by atoms with van der Waals surface area (Å²) < 4.78 is 11.0. The van der Waals surface area contributed by atoms with Crippen LogP contribution in [0.2, 0.25) is 0 Å². The van der Waals surface area contributed by atoms with Gasteiger partial charge >= 0.3 is 0 Å². The summed E-state index contributed by atoms with van der Waals surface area (Å²) >= 11 is 0. The number of rotatable bonds is 6. The Morgan fingerprint density at radius 3 is 2.23 bits per heavy atom. The summed E-state index contributed by atoms with van der Waals surface area (Å²) in [4.78, 5) is 41.8. The van der Waals surface area contributed by atoms with Crippen LogP contribution in [0, 0.1) is 17.0 Å². The smallest absolute Gasteiger partial charge is 0.285 e. The van der Waals surface area contributed by atoms with Crippen molar-refractivity contribution < 1.29 is 24.0 Å². The second-order valence-corrected chi connectivity index (χ2v) is 8.61. The molecule has 0 fully saturated rings. The molecule has 0 saturated heterocycles. The molecule has 0 unspecified atom stereocenters. The largest absolute Gasteiger partial charge is 0.497 e. The van der Waals surface area contributed by atoms with Crippen molar-refractivity contribution in [1.82, 2.24) is 15.4 Å². The van der Waals surface area contributed by atoms with E-state index in [0.29, 0.717) is 17.1 Å². The molecule has 0 bridgehead atoms. The van der Waals surface area contributed by atoms with Gasteiger partial charge in [-0.3, -0.25) is 25.1 Å². The number of aromatic nitrogens is 1. The highest BCUT2D eigenvalue weighted by Crippen LogP contribution is 2.28. The molecule has 182 valence electrons. The predicted octanol–water partition coefficient (Wildman–Crippen LogP) is 4.68. The highest BCUT2D eigenvalue weighted by atomic mass is 16.6. The van der Waals surface area contributed by atoms with E-state index in [1.165, 1.54) is 18.3 Å². The van der Waals surface area contributed by atoms with E-state index in [9.17, 15) is 19.7 Å². The Balaban J connectivity index is 1.94. The molecule has 3 aromatic rings. The standard InChI is InChI=1S/C25H26N4O6/c1-16-8-6-9-19(21(16)29(32)33)22(30)27-28(25(2,3)4)24(31)20-10-7-15-26-23(20)35-18-13-11-17(34-5)12-14-18/h6-15H,1-5H3,(H,27,30). The van der Waals surface area contributed by atoms with Crippen molar-refractivity contribution in [2.75, 3.05) is 7.11 Å². The lowest BCUT2D eigenvalue weighted by Gasteiger charge is -2.35. The minimum absolute atomic E-state index is 0.0349. The number of nitrogens with zero attached hydrogens (tertiary/aromatic N) is 3. The SMILES string of the molecule is COc1ccc(Oc2ncccc2C(=O)N(NC(=O)c2cccc(C)c2[N+](=O)[O-])C(C)(C)C)cc1. The number of methoxy groups -OCH3 is 1. The number of nitro groups is 1. The van der Waals surface area contributed by atoms with Crippen LogP contribution in [0.1, 0.15) is 47.1 Å². The summed E-state index contributed by atoms with van der Waals surface area (Å²) in [7, 11) is 1.55. The maximum Gasteiger partial charge on any atom is 0.285 e. The summed E-state index contributed by atoms with van der Waals surface area (Å²) in [6.07, 6.45) is 1.48. The number of hydrazine groups is 1. The number of hydrogen-bond donors (Lipinski definition) is 1. The van der Waals surface area contributed by atoms with Gasteiger partial charge in [0.15, 0.2) is 0 Å². The summed E-state index contributed by atoms with van der Waals surface area (Å²) in [5.41, 5.74) is 1.60. The first-order valence-electron chi connectivity index (χ1n) is 10.7. The van der Waals surface area contributed by atoms with Crippen molar-refractivity contribution in [1.29, 1.82) is 0 Å². The molecule has 3 rings (SSSR count). The Morgan fingerprint density at radius 2 is 1.63 bits per heavy atom. The maximum absolute atomic E-state index is 13.6. The van der Waals surface area contributed by atoms with Crippen molar-refractivity contribution in [2.24, 2.45) is 0 Å². The minimum atomic E-state index is -0.890. The molecule has 0 aliphatic rings. The van der Waals surface area contributed by atoms with Crippen molar-refractivity contribution in [3.05, 3.63) is 87.6 Å². The zero-order chi connectivity index (χ0) is 25.8. The molecule has 1 heterocycles. The Hall–Kier alpha value is -4.47. The number of pyridine rings is 1. The lowest BCUT2D eigenvalue weighted by molar-refractivity contribution is -0.385. The van der Waals surface area contributed by atoms with Crippen LogP contribution in [-0.4, -0.2) is 39.4 Å². The number of para-hydroxylation sites is 1. The fourth-order valence-corrected chi connectivity index (χ4v) is 3.28. The van der Waals surface area contributed by atoms with Crippen LogP contribution in [-0.2, 0) is 0 Å². The zero-order valence-electron chi connectivity index (χ0n) is 20.1. The van der Waals surface area contributed by atoms with Crippen molar-refractivity contribution in [3.8, 4) is 17.4 Å². The van der Waals surface area contributed by atoms with Crippen LogP contribution < -0.4 is 14.9 Å². The van der Waals surface area contributed by atoms with Crippen molar-refractivity contribution in [3.63, 3.8) is 0 Å². The number of ether oxygens (including phenoxy) is 2. The molecule has 10 heteroatoms. The number of amides is 2. The fraction of sp³-hybridized carbons (Fsp3) is 0.240. The average Bonchev–Trinajstić information content (AvgIpc) is 2.81. The summed E-state index contributed by atoms with van der Waals surface area (Å²) in [6.45, 7) is 6.70. The number of benzene rings is 2. The number of carbonyl (C=O) groups excluding carboxylic acids is 2. The molecule has 0 spiro atoms. The normalized spacial score (nSPS) is 10.9. The van der Waals surface area contributed by atoms with E-state index in [0.717, 1.165) is 5.01 Å². The van der Waals surface area contributed by atoms with Crippen LogP contribution in [0.3, 0.4) is 0 Å². The van der Waals surface area contributed by atoms with E-state index in [1.807, 2.05) is 0 Å². The first-order valence-corrected chi connectivity index (χ1v) is 10.7. The van der Waals surface area contributed by atoms with E-state index in [4.69, 9.17) is 9.47 Å². The number of aryl methyl sites for hydroxylation is 1. The monoisotopic (exact) mass is 478 g/mol. The van der Waals surface area contributed by atoms with Gasteiger partial charge in [0.1, 0.15) is 22.6 Å². The number of nitrogens with one attached hydrogen (secondary N) is 1. The van der Waals surface area contributed by atoms with E-state index in [-0.39, 0.29) is 22.7 Å². The van der Waals surface area contributed by atoms with Crippen LogP contribution in [0.25, 0.3) is 0 Å². The Labute approximate surface area is 202 Å². The Bertz CT molecular complexity index is 1250. The van der Waals surface area contributed by atoms with Gasteiger partial charge in [-0.1, -0.05) is 12.1 Å². The highest BCUT2D eigenvalue weighted by Gasteiger charge is 2.33. The van der Waals surface area contributed by atoms with Gasteiger partial charge in [-0.05, 0) is 70.2 Å². The maximum atomic E-state index is 13.6. The highest BCUT2D eigenvalue weighted by molar-refractivity contribution is 6.02. The zero-order valence-corrected chi connectivity index (χ0v) is 20.1. The van der Waals surface area contributed by atoms with Gasteiger partial charge in [0.25, 0.3) is 17.5 Å². The van der Waals surface area contributed by atoms with Crippen LogP contribution in [0.5, 0.6) is 17.4 Å². The molecular weight excluding hydrogens is 452 g/mol. The fourth-order valence-electron chi connectivity index (χ4n) is 3.28. The molecule has 0 radical (unpaired) electrons. The molecule has 1 N–H and O–H groups in total. The van der Waals surface area contributed by atoms with Crippen LogP contribution in [0.15, 0.2) is 60.8 Å². The molecular formula is C25H26N4O6. The van der Waals surface area contributed by atoms with Crippen LogP contribution in [0.4, 0.5) is 5.69 Å². The molecule has 2 aromatic carbocycles. The van der Waals surface area contributed by atoms with Gasteiger partial charge < -0.3 is 9.47 Å². The van der Waals surface area contributed by atoms with Crippen LogP contribution >= 0.6 is 0 Å². The van der Waals surface area contributed by atoms with E-state index >= 15 is 0 Å². The molecule has 0 aliphatic heterocycles. The van der Waals surface area contributed by atoms with Gasteiger partial charge in [0.2, 0.25) is 5.88 Å². The first-order chi connectivity index (χ1) is 16.5. The minimum Gasteiger partial charge on any atom is -0.497 e. The van der Waals surface area contributed by atoms with E-state index < -0.39 is 22.3 Å². The molecule has 1 aromatic heterocycles. The quantitative estimate of drug-likeness (QED) is 0.403. The lowest BCUT2D eigenvalue weighted by atomic mass is 10.1. The Morgan fingerprint density at radius 1 is 1.00 bits per heavy atom. The molecule has 0 aliphatic carbocycles. The third kappa shape index (κ3) is 5.72. The molecule has 0 atom stereocenters. The lowest BCUT2D eigenvalue weighted by Crippen LogP contribution is -2.56. The summed E-state index contributed by atoms with van der Waals surface area (Å²) in [5, 5.41) is 12.7. The topological polar surface area (TPSA) is 124 Å². The molecule has 10 nitrogen and oxygen atoms in total. The van der Waals surface area contributed by atoms with Gasteiger partial charge in [0.05, 0.1) is 17.6 Å². The summed E-state index contributed by atoms with van der Waals surface area (Å²) in [6, 6.07) is 14.3. The third-order valence-electron chi connectivity index (χ3n) is 5.03. The van der Waals surface area contributed by atoms with E-state index in [1.54, 1.807) is 77.3 Å². The molecule has 35 heavy (non-hydrogen) atoms. The van der Waals surface area contributed by atoms with Gasteiger partial charge in [-0.15, -0.1) is 0 Å². The first kappa shape index (κ1) is 25.2. The van der Waals surface area contributed by atoms with Gasteiger partial charge in [-0.25, -0.2) is 9.99 Å². The second kappa shape index (κ2) is 10.2. The predicted molar refractivity (Wildman–Crippen MR) is 129 cm³/mol. The van der Waals surface area contributed by atoms with Crippen molar-refractivity contribution >= 4 is 17.5 Å². The number of hydrogen-bond acceptors (Lipinski definition) is 7. The molecule has 0 saturated carbocycles. The van der Waals surface area contributed by atoms with E-state index in [2.05, 4.69) is 10.4 Å². The Kier molecular flexibility index (Phi) is 7.34. The second-order valence-electron chi connectivity index (χ2n) is 8.61. The average molecular weight is 479 g/mol. The van der Waals surface area contributed by atoms with Crippen molar-refractivity contribution in [2.45, 2.75) is 33.2 Å². The number of carbonyl (C=O) groups is 2. The summed E-state index contributed by atoms with van der Waals surface area (Å²) in [5.74, 6) is -0.280. The van der Waals surface area contributed by atoms with Gasteiger partial charge in [-0.2, -0.15) is 0 Å². The number of nitro benzene ring substituents is 1.